The molecule has 1 aromatic heterocycles. The lowest BCUT2D eigenvalue weighted by atomic mass is 10.2. The Morgan fingerprint density at radius 2 is 1.89 bits per heavy atom. The first-order valence-electron chi connectivity index (χ1n) is 6.18. The van der Waals surface area contributed by atoms with Crippen LogP contribution < -0.4 is 14.8 Å². The van der Waals surface area contributed by atoms with Crippen molar-refractivity contribution in [1.82, 2.24) is 10.3 Å². The van der Waals surface area contributed by atoms with E-state index in [0.29, 0.717) is 5.75 Å². The van der Waals surface area contributed by atoms with E-state index in [1.807, 2.05) is 43.4 Å². The number of benzene rings is 1. The van der Waals surface area contributed by atoms with Gasteiger partial charge in [-0.25, -0.2) is 0 Å². The molecule has 4 heteroatoms. The number of hydrogen-bond acceptors (Lipinski definition) is 4. The van der Waals surface area contributed by atoms with Crippen molar-refractivity contribution < 1.29 is 9.47 Å². The van der Waals surface area contributed by atoms with Crippen LogP contribution in [0.1, 0.15) is 18.7 Å². The van der Waals surface area contributed by atoms with E-state index in [9.17, 15) is 0 Å². The van der Waals surface area contributed by atoms with E-state index >= 15 is 0 Å². The number of rotatable bonds is 5. The van der Waals surface area contributed by atoms with Gasteiger partial charge in [-0.2, -0.15) is 0 Å². The lowest BCUT2D eigenvalue weighted by molar-refractivity contribution is 0.409. The molecular formula is C15H18N2O2. The van der Waals surface area contributed by atoms with E-state index in [1.54, 1.807) is 13.3 Å². The highest BCUT2D eigenvalue weighted by atomic mass is 16.5. The minimum atomic E-state index is 0.228. The third-order valence-electron chi connectivity index (χ3n) is 2.91. The van der Waals surface area contributed by atoms with Gasteiger partial charge in [0.05, 0.1) is 19.0 Å². The Balaban J connectivity index is 2.10. The van der Waals surface area contributed by atoms with E-state index in [2.05, 4.69) is 17.2 Å². The van der Waals surface area contributed by atoms with Gasteiger partial charge in [0.15, 0.2) is 0 Å². The predicted octanol–water partition coefficient (Wildman–Crippen LogP) is 3.16. The molecule has 19 heavy (non-hydrogen) atoms. The van der Waals surface area contributed by atoms with Crippen LogP contribution in [0, 0.1) is 0 Å². The number of hydrogen-bond donors (Lipinski definition) is 1. The Bertz CT molecular complexity index is 526. The maximum atomic E-state index is 5.73. The summed E-state index contributed by atoms with van der Waals surface area (Å²) in [7, 11) is 3.54. The van der Waals surface area contributed by atoms with Crippen molar-refractivity contribution in [3.05, 3.63) is 48.3 Å². The van der Waals surface area contributed by atoms with Crippen LogP contribution in [0.15, 0.2) is 42.6 Å². The molecule has 1 N–H and O–H groups in total. The van der Waals surface area contributed by atoms with Crippen LogP contribution in [0.25, 0.3) is 0 Å². The molecule has 0 spiro atoms. The maximum Gasteiger partial charge on any atom is 0.145 e. The second kappa shape index (κ2) is 6.20. The first-order valence-corrected chi connectivity index (χ1v) is 6.18. The third-order valence-corrected chi connectivity index (χ3v) is 2.91. The Hall–Kier alpha value is -2.07. The number of nitrogens with zero attached hydrogens (tertiary/aromatic N) is 1. The summed E-state index contributed by atoms with van der Waals surface area (Å²) in [6.45, 7) is 2.06. The molecule has 0 amide bonds. The van der Waals surface area contributed by atoms with Crippen molar-refractivity contribution in [1.29, 1.82) is 0 Å². The van der Waals surface area contributed by atoms with Crippen LogP contribution in [0.2, 0.25) is 0 Å². The van der Waals surface area contributed by atoms with Gasteiger partial charge in [-0.15, -0.1) is 0 Å². The Labute approximate surface area is 113 Å². The largest absolute Gasteiger partial charge is 0.497 e. The van der Waals surface area contributed by atoms with Crippen molar-refractivity contribution in [2.75, 3.05) is 14.2 Å². The molecule has 0 aliphatic carbocycles. The van der Waals surface area contributed by atoms with Crippen molar-refractivity contribution in [2.45, 2.75) is 13.0 Å². The fourth-order valence-corrected chi connectivity index (χ4v) is 1.66. The molecule has 100 valence electrons. The van der Waals surface area contributed by atoms with E-state index in [1.165, 1.54) is 0 Å². The van der Waals surface area contributed by atoms with Gasteiger partial charge in [-0.05, 0) is 38.2 Å². The van der Waals surface area contributed by atoms with E-state index in [4.69, 9.17) is 9.47 Å². The van der Waals surface area contributed by atoms with Gasteiger partial charge < -0.3 is 14.8 Å². The predicted molar refractivity (Wildman–Crippen MR) is 74.8 cm³/mol. The zero-order valence-electron chi connectivity index (χ0n) is 11.4. The second-order valence-electron chi connectivity index (χ2n) is 4.21. The molecule has 0 aliphatic rings. The zero-order valence-corrected chi connectivity index (χ0v) is 11.4. The van der Waals surface area contributed by atoms with Crippen LogP contribution in [-0.4, -0.2) is 19.1 Å². The standard InChI is InChI=1S/C15H18N2O2/c1-11(16-2)15-8-7-14(10-17-15)19-13-6-4-5-12(9-13)18-3/h4-11,16H,1-3H3. The molecule has 1 heterocycles. The molecule has 2 rings (SSSR count). The summed E-state index contributed by atoms with van der Waals surface area (Å²) < 4.78 is 10.9. The highest BCUT2D eigenvalue weighted by Crippen LogP contribution is 2.25. The smallest absolute Gasteiger partial charge is 0.145 e. The first-order chi connectivity index (χ1) is 9.22. The summed E-state index contributed by atoms with van der Waals surface area (Å²) in [6.07, 6.45) is 1.72. The van der Waals surface area contributed by atoms with Crippen molar-refractivity contribution in [3.8, 4) is 17.2 Å². The number of aromatic nitrogens is 1. The average Bonchev–Trinajstić information content (AvgIpc) is 2.47. The van der Waals surface area contributed by atoms with Gasteiger partial charge in [-0.3, -0.25) is 4.98 Å². The van der Waals surface area contributed by atoms with Crippen LogP contribution >= 0.6 is 0 Å². The monoisotopic (exact) mass is 258 g/mol. The van der Waals surface area contributed by atoms with E-state index < -0.39 is 0 Å². The summed E-state index contributed by atoms with van der Waals surface area (Å²) >= 11 is 0. The molecule has 0 saturated heterocycles. The van der Waals surface area contributed by atoms with E-state index in [-0.39, 0.29) is 6.04 Å². The van der Waals surface area contributed by atoms with Crippen molar-refractivity contribution in [3.63, 3.8) is 0 Å². The highest BCUT2D eigenvalue weighted by molar-refractivity contribution is 5.36. The molecule has 1 unspecified atom stereocenters. The SMILES string of the molecule is CNC(C)c1ccc(Oc2cccc(OC)c2)cn1. The van der Waals surface area contributed by atoms with Crippen LogP contribution in [0.5, 0.6) is 17.2 Å². The fraction of sp³-hybridized carbons (Fsp3) is 0.267. The summed E-state index contributed by atoms with van der Waals surface area (Å²) in [5.41, 5.74) is 0.987. The molecule has 4 nitrogen and oxygen atoms in total. The Kier molecular flexibility index (Phi) is 4.36. The number of methoxy groups -OCH3 is 1. The molecule has 0 saturated carbocycles. The summed E-state index contributed by atoms with van der Waals surface area (Å²) in [5, 5.41) is 3.15. The van der Waals surface area contributed by atoms with Gasteiger partial charge in [0.1, 0.15) is 17.2 Å². The fourth-order valence-electron chi connectivity index (χ4n) is 1.66. The molecule has 2 aromatic rings. The quantitative estimate of drug-likeness (QED) is 0.894. The first kappa shape index (κ1) is 13.4. The van der Waals surface area contributed by atoms with Gasteiger partial charge in [0, 0.05) is 12.1 Å². The lowest BCUT2D eigenvalue weighted by Crippen LogP contribution is -2.13. The van der Waals surface area contributed by atoms with Gasteiger partial charge in [0.2, 0.25) is 0 Å². The topological polar surface area (TPSA) is 43.4 Å². The summed E-state index contributed by atoms with van der Waals surface area (Å²) in [5.74, 6) is 2.21. The Morgan fingerprint density at radius 1 is 1.11 bits per heavy atom. The average molecular weight is 258 g/mol. The minimum absolute atomic E-state index is 0.228. The lowest BCUT2D eigenvalue weighted by Gasteiger charge is -2.11. The minimum Gasteiger partial charge on any atom is -0.497 e. The summed E-state index contributed by atoms with van der Waals surface area (Å²) in [4.78, 5) is 4.37. The van der Waals surface area contributed by atoms with Crippen LogP contribution in [0.4, 0.5) is 0 Å². The summed E-state index contributed by atoms with van der Waals surface area (Å²) in [6, 6.07) is 11.6. The molecule has 0 aliphatic heterocycles. The molecule has 0 fully saturated rings. The van der Waals surface area contributed by atoms with E-state index in [0.717, 1.165) is 17.2 Å². The highest BCUT2D eigenvalue weighted by Gasteiger charge is 2.05. The van der Waals surface area contributed by atoms with Gasteiger partial charge in [0.25, 0.3) is 0 Å². The van der Waals surface area contributed by atoms with Crippen molar-refractivity contribution >= 4 is 0 Å². The zero-order chi connectivity index (χ0) is 13.7. The maximum absolute atomic E-state index is 5.73. The number of ether oxygens (including phenoxy) is 2. The molecule has 0 bridgehead atoms. The number of pyridine rings is 1. The normalized spacial score (nSPS) is 11.9. The molecule has 0 radical (unpaired) electrons. The van der Waals surface area contributed by atoms with Crippen LogP contribution in [-0.2, 0) is 0 Å². The van der Waals surface area contributed by atoms with Crippen LogP contribution in [0.3, 0.4) is 0 Å². The van der Waals surface area contributed by atoms with Crippen molar-refractivity contribution in [2.24, 2.45) is 0 Å². The molecular weight excluding hydrogens is 240 g/mol. The molecule has 1 atom stereocenters. The van der Waals surface area contributed by atoms with Gasteiger partial charge in [-0.1, -0.05) is 6.07 Å². The Morgan fingerprint density at radius 3 is 2.53 bits per heavy atom. The second-order valence-corrected chi connectivity index (χ2v) is 4.21. The number of nitrogens with one attached hydrogen (secondary N) is 1. The third kappa shape index (κ3) is 3.45. The van der Waals surface area contributed by atoms with Gasteiger partial charge >= 0.3 is 0 Å². The molecule has 1 aromatic carbocycles.